The summed E-state index contributed by atoms with van der Waals surface area (Å²) >= 11 is 0. The van der Waals surface area contributed by atoms with Crippen LogP contribution in [-0.2, 0) is 15.4 Å². The van der Waals surface area contributed by atoms with E-state index in [4.69, 9.17) is 4.11 Å². The standard InChI is InChI=1S/C12H18N2O5S/c1-12(2,3)8-6-9(13-20(5,17)18)11(19-4)10(7-8)14(15)16/h6-7,13H,1-5H3/i4D3. The second-order valence-electron chi connectivity index (χ2n) is 5.36. The van der Waals surface area contributed by atoms with E-state index in [0.29, 0.717) is 5.56 Å². The minimum Gasteiger partial charge on any atom is -0.489 e. The van der Waals surface area contributed by atoms with Gasteiger partial charge in [-0.15, -0.1) is 0 Å². The summed E-state index contributed by atoms with van der Waals surface area (Å²) < 4.78 is 51.1. The van der Waals surface area contributed by atoms with Gasteiger partial charge in [0.05, 0.1) is 28.0 Å². The van der Waals surface area contributed by atoms with Crippen molar-refractivity contribution < 1.29 is 22.2 Å². The first-order chi connectivity index (χ1) is 10.1. The molecule has 0 aliphatic heterocycles. The molecule has 0 aliphatic carbocycles. The summed E-state index contributed by atoms with van der Waals surface area (Å²) in [6.07, 6.45) is 0.849. The number of nitro benzene ring substituents is 1. The fraction of sp³-hybridized carbons (Fsp3) is 0.500. The van der Waals surface area contributed by atoms with Gasteiger partial charge in [-0.2, -0.15) is 0 Å². The van der Waals surface area contributed by atoms with Crippen LogP contribution in [0.5, 0.6) is 5.75 Å². The van der Waals surface area contributed by atoms with Crippen LogP contribution in [0, 0.1) is 10.1 Å². The summed E-state index contributed by atoms with van der Waals surface area (Å²) in [7, 11) is -6.77. The van der Waals surface area contributed by atoms with E-state index >= 15 is 0 Å². The summed E-state index contributed by atoms with van der Waals surface area (Å²) in [5.74, 6) is -0.645. The lowest BCUT2D eigenvalue weighted by Gasteiger charge is -2.21. The molecule has 0 aliphatic rings. The van der Waals surface area contributed by atoms with Crippen molar-refractivity contribution >= 4 is 21.4 Å². The van der Waals surface area contributed by atoms with E-state index in [-0.39, 0.29) is 5.69 Å². The summed E-state index contributed by atoms with van der Waals surface area (Å²) in [6.45, 7) is 5.34. The van der Waals surface area contributed by atoms with Crippen LogP contribution in [0.4, 0.5) is 11.4 Å². The van der Waals surface area contributed by atoms with Crippen molar-refractivity contribution in [2.75, 3.05) is 18.0 Å². The summed E-state index contributed by atoms with van der Waals surface area (Å²) in [4.78, 5) is 10.5. The van der Waals surface area contributed by atoms with Crippen LogP contribution < -0.4 is 9.46 Å². The van der Waals surface area contributed by atoms with Gasteiger partial charge in [0.1, 0.15) is 0 Å². The molecule has 0 spiro atoms. The van der Waals surface area contributed by atoms with Crippen LogP contribution in [0.15, 0.2) is 12.1 Å². The van der Waals surface area contributed by atoms with E-state index in [9.17, 15) is 18.5 Å². The molecule has 0 unspecified atom stereocenters. The summed E-state index contributed by atoms with van der Waals surface area (Å²) in [5, 5.41) is 11.3. The second kappa shape index (κ2) is 5.28. The Hall–Kier alpha value is -1.83. The van der Waals surface area contributed by atoms with Gasteiger partial charge in [-0.25, -0.2) is 8.42 Å². The Kier molecular flexibility index (Phi) is 3.15. The van der Waals surface area contributed by atoms with Crippen LogP contribution in [0.25, 0.3) is 0 Å². The first-order valence-electron chi connectivity index (χ1n) is 7.10. The Balaban J connectivity index is 3.71. The highest BCUT2D eigenvalue weighted by Crippen LogP contribution is 2.39. The average molecular weight is 305 g/mol. The maximum absolute atomic E-state index is 11.5. The molecule has 0 aromatic heterocycles. The molecule has 0 amide bonds. The maximum atomic E-state index is 11.5. The van der Waals surface area contributed by atoms with Crippen molar-refractivity contribution in [1.29, 1.82) is 0 Å². The SMILES string of the molecule is [2H]C([2H])([2H])Oc1c(NS(C)(=O)=O)cc(C(C)(C)C)cc1[N+](=O)[O-]. The number of nitrogens with zero attached hydrogens (tertiary/aromatic N) is 1. The van der Waals surface area contributed by atoms with E-state index in [1.54, 1.807) is 20.8 Å². The van der Waals surface area contributed by atoms with Gasteiger partial charge < -0.3 is 4.74 Å². The van der Waals surface area contributed by atoms with Gasteiger partial charge in [-0.05, 0) is 17.0 Å². The molecule has 0 heterocycles. The molecule has 0 bridgehead atoms. The van der Waals surface area contributed by atoms with Crippen molar-refractivity contribution in [1.82, 2.24) is 0 Å². The second-order valence-corrected chi connectivity index (χ2v) is 7.10. The molecule has 1 N–H and O–H groups in total. The smallest absolute Gasteiger partial charge is 0.313 e. The maximum Gasteiger partial charge on any atom is 0.313 e. The third kappa shape index (κ3) is 3.83. The number of anilines is 1. The number of rotatable bonds is 4. The fourth-order valence-corrected chi connectivity index (χ4v) is 2.12. The molecule has 7 nitrogen and oxygen atoms in total. The predicted octanol–water partition coefficient (Wildman–Crippen LogP) is 2.27. The van der Waals surface area contributed by atoms with E-state index < -0.39 is 38.8 Å². The van der Waals surface area contributed by atoms with Gasteiger partial charge in [0, 0.05) is 6.07 Å². The molecular formula is C12H18N2O5S. The van der Waals surface area contributed by atoms with Gasteiger partial charge in [0.15, 0.2) is 0 Å². The molecule has 0 fully saturated rings. The molecule has 0 saturated heterocycles. The molecule has 1 rings (SSSR count). The lowest BCUT2D eigenvalue weighted by molar-refractivity contribution is -0.385. The van der Waals surface area contributed by atoms with Gasteiger partial charge in [-0.3, -0.25) is 14.8 Å². The minimum absolute atomic E-state index is 0.289. The number of methoxy groups -OCH3 is 1. The monoisotopic (exact) mass is 305 g/mol. The van der Waals surface area contributed by atoms with E-state index in [2.05, 4.69) is 9.46 Å². The zero-order valence-electron chi connectivity index (χ0n) is 14.6. The lowest BCUT2D eigenvalue weighted by atomic mass is 9.86. The molecule has 0 radical (unpaired) electrons. The number of sulfonamides is 1. The molecule has 8 heteroatoms. The molecule has 0 atom stereocenters. The van der Waals surface area contributed by atoms with Crippen molar-refractivity contribution in [2.24, 2.45) is 0 Å². The van der Waals surface area contributed by atoms with E-state index in [1.807, 2.05) is 0 Å². The minimum atomic E-state index is -3.80. The van der Waals surface area contributed by atoms with Crippen LogP contribution >= 0.6 is 0 Å². The largest absolute Gasteiger partial charge is 0.489 e. The third-order valence-electron chi connectivity index (χ3n) is 2.53. The van der Waals surface area contributed by atoms with Crippen molar-refractivity contribution in [3.63, 3.8) is 0 Å². The molecule has 0 saturated carbocycles. The predicted molar refractivity (Wildman–Crippen MR) is 76.8 cm³/mol. The van der Waals surface area contributed by atoms with Gasteiger partial charge in [0.25, 0.3) is 0 Å². The van der Waals surface area contributed by atoms with Gasteiger partial charge >= 0.3 is 5.69 Å². The highest BCUT2D eigenvalue weighted by Gasteiger charge is 2.26. The van der Waals surface area contributed by atoms with E-state index in [0.717, 1.165) is 6.26 Å². The zero-order chi connectivity index (χ0) is 18.2. The quantitative estimate of drug-likeness (QED) is 0.679. The van der Waals surface area contributed by atoms with Gasteiger partial charge in [0.2, 0.25) is 15.8 Å². The number of ether oxygens (including phenoxy) is 1. The van der Waals surface area contributed by atoms with Gasteiger partial charge in [-0.1, -0.05) is 20.8 Å². The average Bonchev–Trinajstić information content (AvgIpc) is 2.25. The zero-order valence-corrected chi connectivity index (χ0v) is 12.4. The van der Waals surface area contributed by atoms with Crippen LogP contribution in [0.3, 0.4) is 0 Å². The Morgan fingerprint density at radius 2 is 2.00 bits per heavy atom. The summed E-state index contributed by atoms with van der Waals surface area (Å²) in [5.41, 5.74) is -0.993. The van der Waals surface area contributed by atoms with E-state index in [1.165, 1.54) is 12.1 Å². The highest BCUT2D eigenvalue weighted by molar-refractivity contribution is 7.92. The Labute approximate surface area is 122 Å². The van der Waals surface area contributed by atoms with Crippen LogP contribution in [0.1, 0.15) is 30.4 Å². The molecule has 1 aromatic rings. The van der Waals surface area contributed by atoms with Crippen molar-refractivity contribution in [2.45, 2.75) is 26.2 Å². The summed E-state index contributed by atoms with van der Waals surface area (Å²) in [6, 6.07) is 2.50. The number of benzene rings is 1. The Bertz CT molecular complexity index is 723. The molecular weight excluding hydrogens is 284 g/mol. The normalized spacial score (nSPS) is 14.9. The fourth-order valence-electron chi connectivity index (χ4n) is 1.56. The first kappa shape index (κ1) is 12.0. The highest BCUT2D eigenvalue weighted by atomic mass is 32.2. The van der Waals surface area contributed by atoms with Crippen molar-refractivity contribution in [3.8, 4) is 5.75 Å². The third-order valence-corrected chi connectivity index (χ3v) is 3.12. The Morgan fingerprint density at radius 1 is 1.40 bits per heavy atom. The number of nitro groups is 1. The van der Waals surface area contributed by atoms with Crippen LogP contribution in [-0.4, -0.2) is 26.6 Å². The Morgan fingerprint density at radius 3 is 2.40 bits per heavy atom. The van der Waals surface area contributed by atoms with Crippen molar-refractivity contribution in [3.05, 3.63) is 27.8 Å². The molecule has 20 heavy (non-hydrogen) atoms. The topological polar surface area (TPSA) is 98.5 Å². The first-order valence-corrected chi connectivity index (χ1v) is 7.49. The molecule has 112 valence electrons. The molecule has 1 aromatic carbocycles. The lowest BCUT2D eigenvalue weighted by Crippen LogP contribution is -2.15. The van der Waals surface area contributed by atoms with Crippen LogP contribution in [0.2, 0.25) is 0 Å². The number of hydrogen-bond acceptors (Lipinski definition) is 5. The number of hydrogen-bond donors (Lipinski definition) is 1. The number of nitrogens with one attached hydrogen (secondary N) is 1.